The molecule has 5 rings (SSSR count). The summed E-state index contributed by atoms with van der Waals surface area (Å²) in [4.78, 5) is 14.6. The summed E-state index contributed by atoms with van der Waals surface area (Å²) in [7, 11) is 2.89. The largest absolute Gasteiger partial charge is 0.497 e. The number of rotatable bonds is 10. The minimum atomic E-state index is -0.783. The summed E-state index contributed by atoms with van der Waals surface area (Å²) < 4.78 is 28.3. The highest BCUT2D eigenvalue weighted by molar-refractivity contribution is 6.32. The zero-order valence-corrected chi connectivity index (χ0v) is 24.5. The van der Waals surface area contributed by atoms with Gasteiger partial charge >= 0.3 is 5.97 Å². The van der Waals surface area contributed by atoms with E-state index in [9.17, 15) is 9.90 Å². The SMILES string of the molecule is COC(=O)c1cc(Cl)c(OCc2ccc(OC)cc2)cc1OC[C@@H](O)CN1CCC2(CC1)Cc1cc(Cl)ccc1O2. The van der Waals surface area contributed by atoms with Gasteiger partial charge in [-0.25, -0.2) is 4.79 Å². The molecule has 2 aliphatic rings. The number of ether oxygens (including phenoxy) is 5. The minimum Gasteiger partial charge on any atom is -0.497 e. The van der Waals surface area contributed by atoms with Crippen molar-refractivity contribution in [1.29, 1.82) is 0 Å². The fourth-order valence-electron chi connectivity index (χ4n) is 5.28. The second-order valence-electron chi connectivity index (χ2n) is 10.4. The fourth-order valence-corrected chi connectivity index (χ4v) is 5.69. The number of carbonyl (C=O) groups is 1. The predicted molar refractivity (Wildman–Crippen MR) is 156 cm³/mol. The Balaban J connectivity index is 1.17. The quantitative estimate of drug-likeness (QED) is 0.301. The van der Waals surface area contributed by atoms with Crippen molar-refractivity contribution in [3.05, 3.63) is 81.3 Å². The summed E-state index contributed by atoms with van der Waals surface area (Å²) in [5, 5.41) is 11.8. The number of carbonyl (C=O) groups excluding carboxylic acids is 1. The van der Waals surface area contributed by atoms with Crippen LogP contribution in [0.15, 0.2) is 54.6 Å². The molecular formula is C31H33Cl2NO7. The number of fused-ring (bicyclic) bond motifs is 1. The number of likely N-dealkylation sites (tertiary alicyclic amines) is 1. The second kappa shape index (κ2) is 12.8. The molecule has 0 bridgehead atoms. The zero-order chi connectivity index (χ0) is 29.0. The summed E-state index contributed by atoms with van der Waals surface area (Å²) in [6.07, 6.45) is 1.77. The number of halogens is 2. The maximum atomic E-state index is 12.4. The van der Waals surface area contributed by atoms with Crippen LogP contribution in [0.1, 0.15) is 34.3 Å². The number of esters is 1. The molecule has 0 unspecified atom stereocenters. The minimum absolute atomic E-state index is 0.0222. The van der Waals surface area contributed by atoms with Crippen molar-refractivity contribution >= 4 is 29.2 Å². The molecule has 218 valence electrons. The number of piperidine rings is 1. The zero-order valence-electron chi connectivity index (χ0n) is 23.0. The van der Waals surface area contributed by atoms with Gasteiger partial charge in [-0.15, -0.1) is 0 Å². The van der Waals surface area contributed by atoms with Crippen molar-refractivity contribution < 1.29 is 33.6 Å². The van der Waals surface area contributed by atoms with Crippen LogP contribution in [0.5, 0.6) is 23.0 Å². The van der Waals surface area contributed by atoms with E-state index in [0.717, 1.165) is 60.0 Å². The molecule has 0 radical (unpaired) electrons. The van der Waals surface area contributed by atoms with Crippen LogP contribution in [0.2, 0.25) is 10.0 Å². The Hall–Kier alpha value is -3.17. The average Bonchev–Trinajstić information content (AvgIpc) is 3.33. The first kappa shape index (κ1) is 29.3. The van der Waals surface area contributed by atoms with E-state index in [1.165, 1.54) is 13.2 Å². The molecule has 3 aromatic rings. The first-order chi connectivity index (χ1) is 19.8. The van der Waals surface area contributed by atoms with Gasteiger partial charge < -0.3 is 33.7 Å². The van der Waals surface area contributed by atoms with E-state index < -0.39 is 12.1 Å². The Morgan fingerprint density at radius 1 is 1.02 bits per heavy atom. The third-order valence-electron chi connectivity index (χ3n) is 7.52. The number of hydrogen-bond acceptors (Lipinski definition) is 8. The summed E-state index contributed by atoms with van der Waals surface area (Å²) in [6, 6.07) is 16.2. The van der Waals surface area contributed by atoms with E-state index in [1.54, 1.807) is 13.2 Å². The van der Waals surface area contributed by atoms with Crippen LogP contribution in [-0.2, 0) is 17.8 Å². The number of methoxy groups -OCH3 is 2. The van der Waals surface area contributed by atoms with Crippen LogP contribution >= 0.6 is 23.2 Å². The molecule has 8 nitrogen and oxygen atoms in total. The molecule has 0 aromatic heterocycles. The van der Waals surface area contributed by atoms with Crippen molar-refractivity contribution in [2.24, 2.45) is 0 Å². The molecule has 0 aliphatic carbocycles. The first-order valence-corrected chi connectivity index (χ1v) is 14.2. The van der Waals surface area contributed by atoms with Gasteiger partial charge in [-0.3, -0.25) is 0 Å². The molecule has 0 saturated carbocycles. The van der Waals surface area contributed by atoms with Gasteiger partial charge in [0.05, 0.1) is 19.2 Å². The third-order valence-corrected chi connectivity index (χ3v) is 8.05. The molecule has 1 atom stereocenters. The van der Waals surface area contributed by atoms with Crippen molar-refractivity contribution in [2.45, 2.75) is 37.6 Å². The number of nitrogens with zero attached hydrogens (tertiary/aromatic N) is 1. The molecule has 3 aromatic carbocycles. The van der Waals surface area contributed by atoms with Crippen molar-refractivity contribution in [1.82, 2.24) is 4.90 Å². The van der Waals surface area contributed by atoms with E-state index >= 15 is 0 Å². The van der Waals surface area contributed by atoms with Gasteiger partial charge in [-0.1, -0.05) is 35.3 Å². The monoisotopic (exact) mass is 601 g/mol. The summed E-state index contributed by atoms with van der Waals surface area (Å²) in [5.41, 5.74) is 2.00. The van der Waals surface area contributed by atoms with Gasteiger partial charge in [-0.05, 0) is 47.5 Å². The molecule has 2 aliphatic heterocycles. The van der Waals surface area contributed by atoms with E-state index in [0.29, 0.717) is 12.3 Å². The lowest BCUT2D eigenvalue weighted by Crippen LogP contribution is -2.49. The topological polar surface area (TPSA) is 86.7 Å². The number of aliphatic hydroxyl groups excluding tert-OH is 1. The summed E-state index contributed by atoms with van der Waals surface area (Å²) in [5.74, 6) is 1.62. The van der Waals surface area contributed by atoms with E-state index in [2.05, 4.69) is 4.90 Å². The molecule has 1 spiro atoms. The van der Waals surface area contributed by atoms with Crippen LogP contribution < -0.4 is 18.9 Å². The Labute approximate surface area is 249 Å². The molecular weight excluding hydrogens is 569 g/mol. The predicted octanol–water partition coefficient (Wildman–Crippen LogP) is 5.58. The molecule has 0 amide bonds. The van der Waals surface area contributed by atoms with Gasteiger partial charge in [-0.2, -0.15) is 0 Å². The first-order valence-electron chi connectivity index (χ1n) is 13.5. The fraction of sp³-hybridized carbons (Fsp3) is 0.387. The number of β-amino-alcohol motifs (C(OH)–C–C–N with tert-alkyl or cyclic N) is 1. The van der Waals surface area contributed by atoms with Crippen molar-refractivity contribution in [3.8, 4) is 23.0 Å². The highest BCUT2D eigenvalue weighted by atomic mass is 35.5. The summed E-state index contributed by atoms with van der Waals surface area (Å²) >= 11 is 12.6. The van der Waals surface area contributed by atoms with Crippen molar-refractivity contribution in [2.75, 3.05) is 40.5 Å². The molecule has 10 heteroatoms. The third kappa shape index (κ3) is 7.01. The van der Waals surface area contributed by atoms with E-state index in [-0.39, 0.29) is 35.2 Å². The van der Waals surface area contributed by atoms with E-state index in [4.69, 9.17) is 46.9 Å². The van der Waals surface area contributed by atoms with E-state index in [1.807, 2.05) is 42.5 Å². The lowest BCUT2D eigenvalue weighted by atomic mass is 9.87. The Kier molecular flexibility index (Phi) is 9.14. The molecule has 1 saturated heterocycles. The van der Waals surface area contributed by atoms with Gasteiger partial charge in [0.15, 0.2) is 0 Å². The Morgan fingerprint density at radius 2 is 1.78 bits per heavy atom. The second-order valence-corrected chi connectivity index (χ2v) is 11.2. The van der Waals surface area contributed by atoms with Gasteiger partial charge in [0.25, 0.3) is 0 Å². The number of benzene rings is 3. The molecule has 41 heavy (non-hydrogen) atoms. The highest BCUT2D eigenvalue weighted by Crippen LogP contribution is 2.42. The van der Waals surface area contributed by atoms with Gasteiger partial charge in [0.2, 0.25) is 0 Å². The maximum absolute atomic E-state index is 12.4. The maximum Gasteiger partial charge on any atom is 0.341 e. The van der Waals surface area contributed by atoms with Gasteiger partial charge in [0, 0.05) is 50.0 Å². The summed E-state index contributed by atoms with van der Waals surface area (Å²) in [6.45, 7) is 2.23. The molecule has 1 N–H and O–H groups in total. The van der Waals surface area contributed by atoms with Crippen LogP contribution in [0.3, 0.4) is 0 Å². The lowest BCUT2D eigenvalue weighted by molar-refractivity contribution is -0.00205. The van der Waals surface area contributed by atoms with Crippen LogP contribution in [0, 0.1) is 0 Å². The Morgan fingerprint density at radius 3 is 2.49 bits per heavy atom. The normalized spacial score (nSPS) is 16.5. The standard InChI is InChI=1S/C31H33Cl2NO7/c1-37-24-6-3-20(4-7-24)18-39-29-15-28(25(14-26(29)33)30(36)38-2)40-19-23(35)17-34-11-9-31(10-12-34)16-21-13-22(32)5-8-27(21)41-31/h3-8,13-15,23,35H,9-12,16-19H2,1-2H3/t23-/m0/s1. The molecule has 2 heterocycles. The number of hydrogen-bond donors (Lipinski definition) is 1. The van der Waals surface area contributed by atoms with Gasteiger partial charge in [0.1, 0.15) is 53.5 Å². The number of aliphatic hydroxyl groups is 1. The smallest absolute Gasteiger partial charge is 0.341 e. The Bertz CT molecular complexity index is 1370. The average molecular weight is 603 g/mol. The highest BCUT2D eigenvalue weighted by Gasteiger charge is 2.42. The van der Waals surface area contributed by atoms with Crippen LogP contribution in [0.25, 0.3) is 0 Å². The van der Waals surface area contributed by atoms with Crippen molar-refractivity contribution in [3.63, 3.8) is 0 Å². The lowest BCUT2D eigenvalue weighted by Gasteiger charge is -2.39. The van der Waals surface area contributed by atoms with Crippen LogP contribution in [-0.4, -0.2) is 68.1 Å². The van der Waals surface area contributed by atoms with Crippen LogP contribution in [0.4, 0.5) is 0 Å². The molecule has 1 fully saturated rings.